The Labute approximate surface area is 160 Å². The van der Waals surface area contributed by atoms with Crippen LogP contribution in [0.4, 0.5) is 0 Å². The van der Waals surface area contributed by atoms with Crippen LogP contribution in [0.1, 0.15) is 13.3 Å². The molecule has 1 atom stereocenters. The van der Waals surface area contributed by atoms with Crippen molar-refractivity contribution < 1.29 is 4.79 Å². The fourth-order valence-electron chi connectivity index (χ4n) is 1.75. The van der Waals surface area contributed by atoms with Crippen LogP contribution in [0, 0.1) is 0 Å². The summed E-state index contributed by atoms with van der Waals surface area (Å²) in [7, 11) is 5.26. The first-order chi connectivity index (χ1) is 10.5. The molecule has 0 spiro atoms. The van der Waals surface area contributed by atoms with Crippen molar-refractivity contribution in [2.45, 2.75) is 23.5 Å². The highest BCUT2D eigenvalue weighted by Gasteiger charge is 2.07. The lowest BCUT2D eigenvalue weighted by Gasteiger charge is -2.16. The summed E-state index contributed by atoms with van der Waals surface area (Å²) in [6.45, 7) is 3.56. The molecular formula is C16H27IN4OS. The maximum Gasteiger partial charge on any atom is 0.223 e. The summed E-state index contributed by atoms with van der Waals surface area (Å²) >= 11 is 1.82. The second kappa shape index (κ2) is 12.5. The lowest BCUT2D eigenvalue weighted by atomic mass is 10.4. The Morgan fingerprint density at radius 2 is 1.91 bits per heavy atom. The molecule has 0 aliphatic heterocycles. The first-order valence-electron chi connectivity index (χ1n) is 7.39. The summed E-state index contributed by atoms with van der Waals surface area (Å²) < 4.78 is 0. The number of nitrogens with zero attached hydrogens (tertiary/aromatic N) is 2. The minimum Gasteiger partial charge on any atom is -0.356 e. The number of amides is 1. The number of hydrogen-bond donors (Lipinski definition) is 2. The number of nitrogens with one attached hydrogen (secondary N) is 2. The molecule has 1 aromatic rings. The van der Waals surface area contributed by atoms with Crippen molar-refractivity contribution in [3.8, 4) is 0 Å². The van der Waals surface area contributed by atoms with E-state index in [0.29, 0.717) is 18.2 Å². The lowest BCUT2D eigenvalue weighted by Crippen LogP contribution is -2.41. The van der Waals surface area contributed by atoms with Gasteiger partial charge in [-0.3, -0.25) is 9.79 Å². The zero-order chi connectivity index (χ0) is 16.4. The summed E-state index contributed by atoms with van der Waals surface area (Å²) in [5, 5.41) is 6.86. The molecule has 1 unspecified atom stereocenters. The molecule has 0 aromatic heterocycles. The van der Waals surface area contributed by atoms with Crippen LogP contribution in [0.15, 0.2) is 40.2 Å². The molecule has 0 heterocycles. The number of guanidine groups is 1. The third-order valence-electron chi connectivity index (χ3n) is 2.99. The maximum absolute atomic E-state index is 11.5. The minimum absolute atomic E-state index is 0. The molecule has 0 aliphatic rings. The average Bonchev–Trinajstić information content (AvgIpc) is 2.51. The number of carbonyl (C=O) groups is 1. The summed E-state index contributed by atoms with van der Waals surface area (Å²) in [4.78, 5) is 18.5. The highest BCUT2D eigenvalue weighted by molar-refractivity contribution is 14.0. The van der Waals surface area contributed by atoms with Crippen molar-refractivity contribution in [3.63, 3.8) is 0 Å². The highest BCUT2D eigenvalue weighted by atomic mass is 127. The summed E-state index contributed by atoms with van der Waals surface area (Å²) in [6, 6.07) is 10.3. The fraction of sp³-hybridized carbons (Fsp3) is 0.500. The smallest absolute Gasteiger partial charge is 0.223 e. The summed E-state index contributed by atoms with van der Waals surface area (Å²) in [6.07, 6.45) is 0.460. The number of benzene rings is 1. The Bertz CT molecular complexity index is 482. The second-order valence-corrected chi connectivity index (χ2v) is 6.67. The molecule has 23 heavy (non-hydrogen) atoms. The van der Waals surface area contributed by atoms with Crippen LogP contribution in [0.3, 0.4) is 0 Å². The van der Waals surface area contributed by atoms with Gasteiger partial charge in [0.25, 0.3) is 0 Å². The number of thioether (sulfide) groups is 1. The number of carbonyl (C=O) groups excluding carboxylic acids is 1. The van der Waals surface area contributed by atoms with Gasteiger partial charge < -0.3 is 15.5 Å². The zero-order valence-electron chi connectivity index (χ0n) is 14.2. The molecule has 0 saturated heterocycles. The molecule has 2 N–H and O–H groups in total. The quantitative estimate of drug-likeness (QED) is 0.290. The van der Waals surface area contributed by atoms with Gasteiger partial charge in [0.05, 0.1) is 0 Å². The zero-order valence-corrected chi connectivity index (χ0v) is 17.4. The van der Waals surface area contributed by atoms with Crippen molar-refractivity contribution in [1.82, 2.24) is 15.5 Å². The molecule has 0 saturated carbocycles. The molecule has 0 fully saturated rings. The molecule has 5 nitrogen and oxygen atoms in total. The lowest BCUT2D eigenvalue weighted by molar-refractivity contribution is -0.128. The van der Waals surface area contributed by atoms with E-state index in [9.17, 15) is 4.79 Å². The molecule has 130 valence electrons. The van der Waals surface area contributed by atoms with Gasteiger partial charge in [0.1, 0.15) is 0 Å². The van der Waals surface area contributed by atoms with Gasteiger partial charge in [0.15, 0.2) is 5.96 Å². The third-order valence-corrected chi connectivity index (χ3v) is 4.10. The van der Waals surface area contributed by atoms with Crippen molar-refractivity contribution >= 4 is 47.6 Å². The van der Waals surface area contributed by atoms with Gasteiger partial charge in [-0.25, -0.2) is 0 Å². The van der Waals surface area contributed by atoms with Gasteiger partial charge in [-0.1, -0.05) is 25.1 Å². The Hall–Kier alpha value is -0.960. The Kier molecular flexibility index (Phi) is 11.9. The van der Waals surface area contributed by atoms with E-state index in [4.69, 9.17) is 0 Å². The number of aliphatic imine (C=N–C) groups is 1. The monoisotopic (exact) mass is 450 g/mol. The van der Waals surface area contributed by atoms with Gasteiger partial charge in [0.2, 0.25) is 5.91 Å². The average molecular weight is 450 g/mol. The van der Waals surface area contributed by atoms with E-state index in [2.05, 4.69) is 34.7 Å². The van der Waals surface area contributed by atoms with Crippen LogP contribution in [-0.2, 0) is 4.79 Å². The van der Waals surface area contributed by atoms with Crippen LogP contribution in [-0.4, -0.2) is 56.2 Å². The molecule has 0 aliphatic carbocycles. The second-order valence-electron chi connectivity index (χ2n) is 5.16. The van der Waals surface area contributed by atoms with E-state index in [1.54, 1.807) is 26.0 Å². The maximum atomic E-state index is 11.5. The van der Waals surface area contributed by atoms with Gasteiger partial charge >= 0.3 is 0 Å². The van der Waals surface area contributed by atoms with Crippen LogP contribution in [0.25, 0.3) is 0 Å². The van der Waals surface area contributed by atoms with Gasteiger partial charge in [-0.2, -0.15) is 0 Å². The standard InChI is InChI=1S/C16H26N4OS.HI/c1-13(22-14-8-6-5-7-9-14)12-19-16(17-2)18-11-10-15(21)20(3)4;/h5-9,13H,10-12H2,1-4H3,(H2,17,18,19);1H. The third kappa shape index (κ3) is 9.70. The van der Waals surface area contributed by atoms with Crippen molar-refractivity contribution in [2.24, 2.45) is 4.99 Å². The van der Waals surface area contributed by atoms with Crippen molar-refractivity contribution in [2.75, 3.05) is 34.2 Å². The SMILES string of the molecule is CN=C(NCCC(=O)N(C)C)NCC(C)Sc1ccccc1.I. The Morgan fingerprint density at radius 3 is 2.48 bits per heavy atom. The largest absolute Gasteiger partial charge is 0.356 e. The van der Waals surface area contributed by atoms with Gasteiger partial charge in [-0.15, -0.1) is 35.7 Å². The molecular weight excluding hydrogens is 423 g/mol. The minimum atomic E-state index is 0. The number of halogens is 1. The predicted molar refractivity (Wildman–Crippen MR) is 110 cm³/mol. The van der Waals surface area contributed by atoms with Crippen LogP contribution in [0.2, 0.25) is 0 Å². The van der Waals surface area contributed by atoms with Gasteiger partial charge in [-0.05, 0) is 12.1 Å². The van der Waals surface area contributed by atoms with Gasteiger partial charge in [0, 0.05) is 50.8 Å². The van der Waals surface area contributed by atoms with E-state index in [0.717, 1.165) is 12.5 Å². The van der Waals surface area contributed by atoms with Crippen LogP contribution >= 0.6 is 35.7 Å². The fourth-order valence-corrected chi connectivity index (χ4v) is 2.69. The normalized spacial score (nSPS) is 12.1. The molecule has 7 heteroatoms. The molecule has 0 bridgehead atoms. The molecule has 1 aromatic carbocycles. The predicted octanol–water partition coefficient (Wildman–Crippen LogP) is 2.43. The van der Waals surface area contributed by atoms with E-state index < -0.39 is 0 Å². The molecule has 0 radical (unpaired) electrons. The van der Waals surface area contributed by atoms with Crippen LogP contribution in [0.5, 0.6) is 0 Å². The first kappa shape index (κ1) is 22.0. The van der Waals surface area contributed by atoms with E-state index in [1.807, 2.05) is 30.0 Å². The van der Waals surface area contributed by atoms with Crippen molar-refractivity contribution in [3.05, 3.63) is 30.3 Å². The first-order valence-corrected chi connectivity index (χ1v) is 8.27. The molecule has 1 amide bonds. The van der Waals surface area contributed by atoms with Crippen molar-refractivity contribution in [1.29, 1.82) is 0 Å². The Morgan fingerprint density at radius 1 is 1.26 bits per heavy atom. The molecule has 1 rings (SSSR count). The number of hydrogen-bond acceptors (Lipinski definition) is 3. The Balaban J connectivity index is 0.00000484. The van der Waals surface area contributed by atoms with E-state index in [1.165, 1.54) is 4.90 Å². The summed E-state index contributed by atoms with van der Waals surface area (Å²) in [5.74, 6) is 0.836. The highest BCUT2D eigenvalue weighted by Crippen LogP contribution is 2.21. The van der Waals surface area contributed by atoms with E-state index in [-0.39, 0.29) is 29.9 Å². The number of rotatable bonds is 7. The van der Waals surface area contributed by atoms with Crippen LogP contribution < -0.4 is 10.6 Å². The van der Waals surface area contributed by atoms with E-state index >= 15 is 0 Å². The summed E-state index contributed by atoms with van der Waals surface area (Å²) in [5.41, 5.74) is 0. The topological polar surface area (TPSA) is 56.7 Å².